The maximum absolute atomic E-state index is 3.48. The number of hydrogen-bond donors (Lipinski definition) is 1. The molecule has 1 saturated heterocycles. The van der Waals surface area contributed by atoms with Crippen LogP contribution in [-0.2, 0) is 0 Å². The molecule has 0 unspecified atom stereocenters. The van der Waals surface area contributed by atoms with Crippen molar-refractivity contribution in [3.8, 4) is 0 Å². The fourth-order valence-electron chi connectivity index (χ4n) is 3.71. The Hall–Kier alpha value is -0.130. The van der Waals surface area contributed by atoms with Crippen molar-refractivity contribution in [2.45, 2.75) is 31.7 Å². The van der Waals surface area contributed by atoms with Crippen LogP contribution >= 0.6 is 22.6 Å². The van der Waals surface area contributed by atoms with Crippen LogP contribution in [0.1, 0.15) is 37.3 Å². The van der Waals surface area contributed by atoms with Gasteiger partial charge in [0.15, 0.2) is 0 Å². The number of rotatable bonds is 3. The van der Waals surface area contributed by atoms with E-state index in [2.05, 4.69) is 57.1 Å². The average molecular weight is 370 g/mol. The van der Waals surface area contributed by atoms with E-state index in [-0.39, 0.29) is 0 Å². The summed E-state index contributed by atoms with van der Waals surface area (Å²) in [4.78, 5) is 2.72. The fourth-order valence-corrected chi connectivity index (χ4v) is 4.27. The molecule has 3 rings (SSSR count). The Kier molecular flexibility index (Phi) is 4.77. The molecule has 1 N–H and O–H groups in total. The van der Waals surface area contributed by atoms with Gasteiger partial charge in [-0.1, -0.05) is 25.0 Å². The third-order valence-electron chi connectivity index (χ3n) is 4.58. The van der Waals surface area contributed by atoms with Crippen LogP contribution in [-0.4, -0.2) is 31.1 Å². The lowest BCUT2D eigenvalue weighted by molar-refractivity contribution is 0.125. The van der Waals surface area contributed by atoms with Gasteiger partial charge in [-0.15, -0.1) is 0 Å². The number of halogens is 1. The van der Waals surface area contributed by atoms with E-state index in [0.717, 1.165) is 19.0 Å². The Labute approximate surface area is 130 Å². The molecule has 0 amide bonds. The molecule has 0 spiro atoms. The van der Waals surface area contributed by atoms with Gasteiger partial charge in [0.1, 0.15) is 0 Å². The third kappa shape index (κ3) is 3.31. The highest BCUT2D eigenvalue weighted by Crippen LogP contribution is 2.39. The number of nitrogens with zero attached hydrogens (tertiary/aromatic N) is 1. The van der Waals surface area contributed by atoms with E-state index in [9.17, 15) is 0 Å². The summed E-state index contributed by atoms with van der Waals surface area (Å²) in [6.07, 6.45) is 5.69. The Morgan fingerprint density at radius 3 is 2.58 bits per heavy atom. The van der Waals surface area contributed by atoms with Gasteiger partial charge in [0.05, 0.1) is 0 Å². The minimum absolute atomic E-state index is 0.652. The van der Waals surface area contributed by atoms with Crippen molar-refractivity contribution in [3.63, 3.8) is 0 Å². The van der Waals surface area contributed by atoms with Gasteiger partial charge in [-0.3, -0.25) is 4.90 Å². The van der Waals surface area contributed by atoms with E-state index in [4.69, 9.17) is 0 Å². The van der Waals surface area contributed by atoms with Gasteiger partial charge in [0.2, 0.25) is 0 Å². The summed E-state index contributed by atoms with van der Waals surface area (Å²) in [6.45, 7) is 4.69. The Morgan fingerprint density at radius 1 is 1.16 bits per heavy atom. The van der Waals surface area contributed by atoms with E-state index in [1.54, 1.807) is 5.56 Å². The van der Waals surface area contributed by atoms with Gasteiger partial charge in [-0.2, -0.15) is 0 Å². The maximum Gasteiger partial charge on any atom is 0.0377 e. The first-order valence-corrected chi connectivity index (χ1v) is 8.63. The standard InChI is InChI=1S/C16H23IN2/c17-15-7-3-6-14(12-15)16(13-4-1-2-5-13)19-10-8-18-9-11-19/h3,6-7,12-13,16,18H,1-2,4-5,8-11H2/t16-/m1/s1. The monoisotopic (exact) mass is 370 g/mol. The quantitative estimate of drug-likeness (QED) is 0.821. The lowest BCUT2D eigenvalue weighted by Gasteiger charge is -2.38. The van der Waals surface area contributed by atoms with Gasteiger partial charge in [0, 0.05) is 35.8 Å². The number of benzene rings is 1. The van der Waals surface area contributed by atoms with Gasteiger partial charge >= 0.3 is 0 Å². The Bertz CT molecular complexity index is 409. The zero-order chi connectivity index (χ0) is 13.1. The van der Waals surface area contributed by atoms with Crippen molar-refractivity contribution in [2.24, 2.45) is 5.92 Å². The van der Waals surface area contributed by atoms with Crippen LogP contribution < -0.4 is 5.32 Å². The van der Waals surface area contributed by atoms with Crippen molar-refractivity contribution in [2.75, 3.05) is 26.2 Å². The van der Waals surface area contributed by atoms with Crippen molar-refractivity contribution < 1.29 is 0 Å². The van der Waals surface area contributed by atoms with E-state index >= 15 is 0 Å². The van der Waals surface area contributed by atoms with Crippen LogP contribution in [0.3, 0.4) is 0 Å². The van der Waals surface area contributed by atoms with Gasteiger partial charge < -0.3 is 5.32 Å². The summed E-state index contributed by atoms with van der Waals surface area (Å²) in [6, 6.07) is 9.81. The van der Waals surface area contributed by atoms with Crippen LogP contribution in [0, 0.1) is 9.49 Å². The maximum atomic E-state index is 3.48. The Morgan fingerprint density at radius 2 is 1.89 bits per heavy atom. The molecule has 2 fully saturated rings. The number of nitrogens with one attached hydrogen (secondary N) is 1. The van der Waals surface area contributed by atoms with E-state index in [0.29, 0.717) is 6.04 Å². The van der Waals surface area contributed by atoms with E-state index < -0.39 is 0 Å². The first-order valence-electron chi connectivity index (χ1n) is 7.55. The molecule has 2 aliphatic rings. The predicted octanol–water partition coefficient (Wildman–Crippen LogP) is 3.43. The molecular weight excluding hydrogens is 347 g/mol. The summed E-state index contributed by atoms with van der Waals surface area (Å²) in [5.41, 5.74) is 1.54. The van der Waals surface area contributed by atoms with Crippen molar-refractivity contribution in [1.29, 1.82) is 0 Å². The molecule has 104 valence electrons. The van der Waals surface area contributed by atoms with Crippen molar-refractivity contribution >= 4 is 22.6 Å². The molecule has 1 aliphatic heterocycles. The highest BCUT2D eigenvalue weighted by atomic mass is 127. The second kappa shape index (κ2) is 6.55. The van der Waals surface area contributed by atoms with Crippen LogP contribution in [0.15, 0.2) is 24.3 Å². The van der Waals surface area contributed by atoms with Crippen LogP contribution in [0.5, 0.6) is 0 Å². The topological polar surface area (TPSA) is 15.3 Å². The average Bonchev–Trinajstić information content (AvgIpc) is 2.94. The highest BCUT2D eigenvalue weighted by Gasteiger charge is 2.31. The first-order chi connectivity index (χ1) is 9.34. The zero-order valence-corrected chi connectivity index (χ0v) is 13.6. The first kappa shape index (κ1) is 13.8. The minimum atomic E-state index is 0.652. The number of piperazine rings is 1. The van der Waals surface area contributed by atoms with Crippen molar-refractivity contribution in [1.82, 2.24) is 10.2 Å². The molecule has 1 aromatic carbocycles. The van der Waals surface area contributed by atoms with Gasteiger partial charge in [-0.05, 0) is 59.0 Å². The lowest BCUT2D eigenvalue weighted by atomic mass is 9.90. The number of hydrogen-bond acceptors (Lipinski definition) is 2. The van der Waals surface area contributed by atoms with Crippen LogP contribution in [0.2, 0.25) is 0 Å². The van der Waals surface area contributed by atoms with Crippen LogP contribution in [0.25, 0.3) is 0 Å². The predicted molar refractivity (Wildman–Crippen MR) is 88.3 cm³/mol. The van der Waals surface area contributed by atoms with Gasteiger partial charge in [0.25, 0.3) is 0 Å². The van der Waals surface area contributed by atoms with Gasteiger partial charge in [-0.25, -0.2) is 0 Å². The fraction of sp³-hybridized carbons (Fsp3) is 0.625. The molecule has 0 radical (unpaired) electrons. The molecular formula is C16H23IN2. The summed E-state index contributed by atoms with van der Waals surface area (Å²) < 4.78 is 1.37. The second-order valence-electron chi connectivity index (χ2n) is 5.83. The lowest BCUT2D eigenvalue weighted by Crippen LogP contribution is -2.46. The molecule has 1 aromatic rings. The summed E-state index contributed by atoms with van der Waals surface area (Å²) in [5.74, 6) is 0.872. The molecule has 1 aliphatic carbocycles. The summed E-state index contributed by atoms with van der Waals surface area (Å²) in [5, 5.41) is 3.48. The summed E-state index contributed by atoms with van der Waals surface area (Å²) >= 11 is 2.44. The summed E-state index contributed by atoms with van der Waals surface area (Å²) in [7, 11) is 0. The minimum Gasteiger partial charge on any atom is -0.314 e. The molecule has 0 bridgehead atoms. The SMILES string of the molecule is Ic1cccc([C@@H](C2CCCC2)N2CCNCC2)c1. The smallest absolute Gasteiger partial charge is 0.0377 e. The zero-order valence-electron chi connectivity index (χ0n) is 11.4. The van der Waals surface area contributed by atoms with Crippen molar-refractivity contribution in [3.05, 3.63) is 33.4 Å². The molecule has 19 heavy (non-hydrogen) atoms. The molecule has 1 saturated carbocycles. The highest BCUT2D eigenvalue weighted by molar-refractivity contribution is 14.1. The molecule has 1 heterocycles. The van der Waals surface area contributed by atoms with Crippen LogP contribution in [0.4, 0.5) is 0 Å². The largest absolute Gasteiger partial charge is 0.314 e. The molecule has 1 atom stereocenters. The van der Waals surface area contributed by atoms with E-state index in [1.807, 2.05) is 0 Å². The normalized spacial score (nSPS) is 23.6. The third-order valence-corrected chi connectivity index (χ3v) is 5.25. The molecule has 2 nitrogen and oxygen atoms in total. The second-order valence-corrected chi connectivity index (χ2v) is 7.08. The Balaban J connectivity index is 1.86. The van der Waals surface area contributed by atoms with E-state index in [1.165, 1.54) is 42.3 Å². The molecule has 3 heteroatoms. The molecule has 0 aromatic heterocycles.